The Kier molecular flexibility index (Phi) is 8.19. The summed E-state index contributed by atoms with van der Waals surface area (Å²) in [6.45, 7) is 16.0. The normalized spacial score (nSPS) is 40.4. The molecule has 0 spiro atoms. The summed E-state index contributed by atoms with van der Waals surface area (Å²) < 4.78 is 0. The second kappa shape index (κ2) is 9.88. The smallest absolute Gasteiger partial charge is 0.0619 e. The van der Waals surface area contributed by atoms with Gasteiger partial charge in [-0.25, -0.2) is 0 Å². The number of rotatable bonds is 10. The van der Waals surface area contributed by atoms with Gasteiger partial charge in [0.05, 0.1) is 11.2 Å². The van der Waals surface area contributed by atoms with Gasteiger partial charge in [-0.1, -0.05) is 47.0 Å². The average molecular weight is 449 g/mol. The highest BCUT2D eigenvalue weighted by molar-refractivity contribution is 5.07. The van der Waals surface area contributed by atoms with Crippen molar-refractivity contribution in [1.29, 1.82) is 0 Å². The van der Waals surface area contributed by atoms with Crippen LogP contribution in [0, 0.1) is 40.4 Å². The largest absolute Gasteiger partial charge is 0.390 e. The third-order valence-electron chi connectivity index (χ3n) is 10.9. The zero-order valence-corrected chi connectivity index (χ0v) is 22.7. The number of aliphatic hydroxyl groups is 2. The van der Waals surface area contributed by atoms with Crippen LogP contribution in [-0.2, 0) is 0 Å². The molecule has 0 aromatic heterocycles. The van der Waals surface area contributed by atoms with Crippen LogP contribution < -0.4 is 0 Å². The molecule has 3 aliphatic rings. The molecule has 8 atom stereocenters. The van der Waals surface area contributed by atoms with Gasteiger partial charge in [0.15, 0.2) is 0 Å². The van der Waals surface area contributed by atoms with E-state index < -0.39 is 11.2 Å². The highest BCUT2D eigenvalue weighted by atomic mass is 16.3. The van der Waals surface area contributed by atoms with E-state index in [1.165, 1.54) is 64.2 Å². The van der Waals surface area contributed by atoms with Crippen molar-refractivity contribution in [1.82, 2.24) is 0 Å². The van der Waals surface area contributed by atoms with E-state index in [1.54, 1.807) is 0 Å². The lowest BCUT2D eigenvalue weighted by Gasteiger charge is -2.57. The molecule has 0 saturated heterocycles. The molecular weight excluding hydrogens is 392 g/mol. The molecule has 2 N–H and O–H groups in total. The zero-order chi connectivity index (χ0) is 23.8. The van der Waals surface area contributed by atoms with Gasteiger partial charge in [0.2, 0.25) is 0 Å². The summed E-state index contributed by atoms with van der Waals surface area (Å²) in [5.41, 5.74) is -0.0891. The van der Waals surface area contributed by atoms with Gasteiger partial charge in [-0.2, -0.15) is 0 Å². The minimum Gasteiger partial charge on any atom is -0.390 e. The molecule has 0 radical (unpaired) electrons. The monoisotopic (exact) mass is 448 g/mol. The molecule has 0 aromatic rings. The number of fused-ring (bicyclic) bond motifs is 3. The Morgan fingerprint density at radius 2 is 1.62 bits per heavy atom. The van der Waals surface area contributed by atoms with E-state index in [2.05, 4.69) is 34.6 Å². The van der Waals surface area contributed by atoms with Crippen LogP contribution in [0.1, 0.15) is 138 Å². The summed E-state index contributed by atoms with van der Waals surface area (Å²) in [7, 11) is 0. The summed E-state index contributed by atoms with van der Waals surface area (Å²) in [6, 6.07) is 0. The van der Waals surface area contributed by atoms with Crippen LogP contribution >= 0.6 is 0 Å². The van der Waals surface area contributed by atoms with Gasteiger partial charge in [0.1, 0.15) is 0 Å². The molecule has 0 bridgehead atoms. The fourth-order valence-corrected chi connectivity index (χ4v) is 8.78. The SMILES string of the molecule is CCCCC(C)(O)CCC(C)C1CCC2C3CCCC(C)(CCC(C)(C)O)C3CCC12C. The molecule has 188 valence electrons. The molecule has 3 rings (SSSR count). The fourth-order valence-electron chi connectivity index (χ4n) is 8.78. The predicted octanol–water partition coefficient (Wildman–Crippen LogP) is 8.14. The van der Waals surface area contributed by atoms with Gasteiger partial charge in [-0.15, -0.1) is 0 Å². The van der Waals surface area contributed by atoms with Gasteiger partial charge in [0.25, 0.3) is 0 Å². The first-order valence-electron chi connectivity index (χ1n) is 14.3. The van der Waals surface area contributed by atoms with E-state index in [4.69, 9.17) is 0 Å². The van der Waals surface area contributed by atoms with Crippen molar-refractivity contribution in [2.24, 2.45) is 40.4 Å². The van der Waals surface area contributed by atoms with Gasteiger partial charge in [-0.05, 0) is 132 Å². The van der Waals surface area contributed by atoms with E-state index in [0.29, 0.717) is 10.8 Å². The van der Waals surface area contributed by atoms with Crippen LogP contribution in [0.2, 0.25) is 0 Å². The summed E-state index contributed by atoms with van der Waals surface area (Å²) in [6.07, 6.45) is 17.4. The van der Waals surface area contributed by atoms with Crippen molar-refractivity contribution in [2.75, 3.05) is 0 Å². The Morgan fingerprint density at radius 1 is 0.906 bits per heavy atom. The Labute approximate surface area is 200 Å². The van der Waals surface area contributed by atoms with Crippen LogP contribution in [0.25, 0.3) is 0 Å². The lowest BCUT2D eigenvalue weighted by atomic mass is 9.48. The lowest BCUT2D eigenvalue weighted by Crippen LogP contribution is -2.49. The third-order valence-corrected chi connectivity index (χ3v) is 10.9. The van der Waals surface area contributed by atoms with Crippen LogP contribution in [0.15, 0.2) is 0 Å². The predicted molar refractivity (Wildman–Crippen MR) is 137 cm³/mol. The highest BCUT2D eigenvalue weighted by Gasteiger charge is 2.58. The van der Waals surface area contributed by atoms with Crippen molar-refractivity contribution in [2.45, 2.75) is 150 Å². The Hall–Kier alpha value is -0.0800. The molecule has 0 aliphatic heterocycles. The maximum atomic E-state index is 10.8. The standard InChI is InChI=1S/C30H56O2/c1-8-9-17-29(6,32)18-14-22(2)24-12-13-26-23-11-10-16-28(5,21-20-27(3,4)31)25(23)15-19-30(24,26)7/h22-26,31-32H,8-21H2,1-7H3. The van der Waals surface area contributed by atoms with Crippen LogP contribution in [-0.4, -0.2) is 21.4 Å². The second-order valence-electron chi connectivity index (χ2n) is 14.1. The number of unbranched alkanes of at least 4 members (excludes halogenated alkanes) is 1. The van der Waals surface area contributed by atoms with Gasteiger partial charge in [0, 0.05) is 0 Å². The summed E-state index contributed by atoms with van der Waals surface area (Å²) in [4.78, 5) is 0. The quantitative estimate of drug-likeness (QED) is 0.354. The van der Waals surface area contributed by atoms with E-state index >= 15 is 0 Å². The highest BCUT2D eigenvalue weighted by Crippen LogP contribution is 2.66. The van der Waals surface area contributed by atoms with Gasteiger partial charge >= 0.3 is 0 Å². The molecule has 32 heavy (non-hydrogen) atoms. The van der Waals surface area contributed by atoms with Crippen molar-refractivity contribution >= 4 is 0 Å². The fraction of sp³-hybridized carbons (Fsp3) is 1.00. The number of hydrogen-bond acceptors (Lipinski definition) is 2. The van der Waals surface area contributed by atoms with E-state index in [1.807, 2.05) is 13.8 Å². The third kappa shape index (κ3) is 5.76. The lowest BCUT2D eigenvalue weighted by molar-refractivity contribution is -0.0844. The molecule has 3 fully saturated rings. The van der Waals surface area contributed by atoms with Crippen molar-refractivity contribution < 1.29 is 10.2 Å². The summed E-state index contributed by atoms with van der Waals surface area (Å²) >= 11 is 0. The van der Waals surface area contributed by atoms with Crippen LogP contribution in [0.3, 0.4) is 0 Å². The first kappa shape index (κ1) is 26.5. The van der Waals surface area contributed by atoms with E-state index in [0.717, 1.165) is 55.3 Å². The Morgan fingerprint density at radius 3 is 2.28 bits per heavy atom. The molecule has 8 unspecified atom stereocenters. The first-order valence-corrected chi connectivity index (χ1v) is 14.3. The average Bonchev–Trinajstić information content (AvgIpc) is 3.06. The molecule has 0 aromatic carbocycles. The summed E-state index contributed by atoms with van der Waals surface area (Å²) in [5, 5.41) is 21.2. The second-order valence-corrected chi connectivity index (χ2v) is 14.1. The van der Waals surface area contributed by atoms with Crippen molar-refractivity contribution in [3.8, 4) is 0 Å². The maximum absolute atomic E-state index is 10.8. The topological polar surface area (TPSA) is 40.5 Å². The van der Waals surface area contributed by atoms with Crippen molar-refractivity contribution in [3.05, 3.63) is 0 Å². The minimum atomic E-state index is -0.536. The zero-order valence-electron chi connectivity index (χ0n) is 22.7. The molecule has 3 saturated carbocycles. The maximum Gasteiger partial charge on any atom is 0.0619 e. The molecular formula is C30H56O2. The Bertz CT molecular complexity index is 604. The minimum absolute atomic E-state index is 0.423. The van der Waals surface area contributed by atoms with Gasteiger partial charge < -0.3 is 10.2 Å². The molecule has 0 heterocycles. The molecule has 0 amide bonds. The number of hydrogen-bond donors (Lipinski definition) is 2. The molecule has 2 nitrogen and oxygen atoms in total. The van der Waals surface area contributed by atoms with Crippen LogP contribution in [0.5, 0.6) is 0 Å². The van der Waals surface area contributed by atoms with Crippen LogP contribution in [0.4, 0.5) is 0 Å². The molecule has 2 heteroatoms. The summed E-state index contributed by atoms with van der Waals surface area (Å²) in [5.74, 6) is 4.22. The van der Waals surface area contributed by atoms with E-state index in [9.17, 15) is 10.2 Å². The molecule has 3 aliphatic carbocycles. The first-order chi connectivity index (χ1) is 14.8. The van der Waals surface area contributed by atoms with Crippen molar-refractivity contribution in [3.63, 3.8) is 0 Å². The Balaban J connectivity index is 1.66. The van der Waals surface area contributed by atoms with Gasteiger partial charge in [-0.3, -0.25) is 0 Å². The van der Waals surface area contributed by atoms with E-state index in [-0.39, 0.29) is 0 Å².